The minimum absolute atomic E-state index is 0.152. The molecule has 2 aliphatic heterocycles. The number of hydrogen-bond donors (Lipinski definition) is 1. The number of benzene rings is 3. The Balaban J connectivity index is 1.32. The van der Waals surface area contributed by atoms with E-state index in [1.807, 2.05) is 65.6 Å². The molecule has 7 heteroatoms. The smallest absolute Gasteiger partial charge is 0.341 e. The Bertz CT molecular complexity index is 1180. The molecule has 2 aliphatic rings. The molecule has 198 valence electrons. The maximum Gasteiger partial charge on any atom is 0.341 e. The summed E-state index contributed by atoms with van der Waals surface area (Å²) in [7, 11) is 1.34. The van der Waals surface area contributed by atoms with E-state index in [0.717, 1.165) is 37.1 Å². The first kappa shape index (κ1) is 25.8. The highest BCUT2D eigenvalue weighted by atomic mass is 16.5. The Morgan fingerprint density at radius 1 is 0.842 bits per heavy atom. The van der Waals surface area contributed by atoms with Gasteiger partial charge in [0.25, 0.3) is 0 Å². The van der Waals surface area contributed by atoms with Crippen molar-refractivity contribution in [2.75, 3.05) is 38.6 Å². The SMILES string of the molecule is COC(=O)c1cc(NC(=O)N2CCC(N3CCCC3)CC2)ccc1OC(c1ccccc1)c1ccccc1. The lowest BCUT2D eigenvalue weighted by atomic mass is 10.0. The van der Waals surface area contributed by atoms with Crippen LogP contribution in [0.25, 0.3) is 0 Å². The van der Waals surface area contributed by atoms with Gasteiger partial charge in [0.2, 0.25) is 0 Å². The van der Waals surface area contributed by atoms with Crippen LogP contribution in [0.4, 0.5) is 10.5 Å². The molecule has 0 atom stereocenters. The van der Waals surface area contributed by atoms with Crippen molar-refractivity contribution in [3.05, 3.63) is 95.6 Å². The third kappa shape index (κ3) is 6.00. The maximum absolute atomic E-state index is 13.0. The third-order valence-corrected chi connectivity index (χ3v) is 7.49. The summed E-state index contributed by atoms with van der Waals surface area (Å²) < 4.78 is 11.5. The molecule has 0 unspecified atom stereocenters. The summed E-state index contributed by atoms with van der Waals surface area (Å²) >= 11 is 0. The normalized spacial score (nSPS) is 16.4. The number of piperidine rings is 1. The van der Waals surface area contributed by atoms with Crippen molar-refractivity contribution in [1.82, 2.24) is 9.80 Å². The van der Waals surface area contributed by atoms with Gasteiger partial charge in [0, 0.05) is 24.8 Å². The Kier molecular flexibility index (Phi) is 8.24. The highest BCUT2D eigenvalue weighted by Gasteiger charge is 2.28. The van der Waals surface area contributed by atoms with Gasteiger partial charge in [-0.05, 0) is 68.1 Å². The summed E-state index contributed by atoms with van der Waals surface area (Å²) in [4.78, 5) is 30.2. The Hall–Kier alpha value is -3.84. The molecule has 0 aromatic heterocycles. The molecule has 0 radical (unpaired) electrons. The van der Waals surface area contributed by atoms with Gasteiger partial charge < -0.3 is 24.6 Å². The largest absolute Gasteiger partial charge is 0.480 e. The molecule has 5 rings (SSSR count). The summed E-state index contributed by atoms with van der Waals surface area (Å²) in [6.07, 6.45) is 4.13. The van der Waals surface area contributed by atoms with Gasteiger partial charge in [0.15, 0.2) is 0 Å². The zero-order valence-electron chi connectivity index (χ0n) is 21.8. The number of hydrogen-bond acceptors (Lipinski definition) is 5. The number of amides is 2. The van der Waals surface area contributed by atoms with Gasteiger partial charge in [-0.2, -0.15) is 0 Å². The van der Waals surface area contributed by atoms with Crippen molar-refractivity contribution in [2.45, 2.75) is 37.8 Å². The van der Waals surface area contributed by atoms with Gasteiger partial charge >= 0.3 is 12.0 Å². The average Bonchev–Trinajstić information content (AvgIpc) is 3.52. The molecular weight excluding hydrogens is 478 g/mol. The van der Waals surface area contributed by atoms with E-state index in [1.165, 1.54) is 33.0 Å². The summed E-state index contributed by atoms with van der Waals surface area (Å²) in [5.41, 5.74) is 2.71. The van der Waals surface area contributed by atoms with E-state index in [2.05, 4.69) is 10.2 Å². The fourth-order valence-corrected chi connectivity index (χ4v) is 5.43. The fourth-order valence-electron chi connectivity index (χ4n) is 5.43. The summed E-state index contributed by atoms with van der Waals surface area (Å²) in [5, 5.41) is 2.97. The third-order valence-electron chi connectivity index (χ3n) is 7.49. The van der Waals surface area contributed by atoms with E-state index >= 15 is 0 Å². The van der Waals surface area contributed by atoms with Crippen LogP contribution in [0.15, 0.2) is 78.9 Å². The van der Waals surface area contributed by atoms with Crippen LogP contribution in [0.1, 0.15) is 53.3 Å². The lowest BCUT2D eigenvalue weighted by molar-refractivity contribution is 0.0594. The average molecular weight is 514 g/mol. The molecule has 0 aliphatic carbocycles. The van der Waals surface area contributed by atoms with Crippen molar-refractivity contribution >= 4 is 17.7 Å². The molecule has 3 aromatic rings. The first-order valence-corrected chi connectivity index (χ1v) is 13.4. The molecule has 2 fully saturated rings. The van der Waals surface area contributed by atoms with Gasteiger partial charge in [-0.1, -0.05) is 60.7 Å². The number of likely N-dealkylation sites (tertiary alicyclic amines) is 2. The van der Waals surface area contributed by atoms with Crippen molar-refractivity contribution < 1.29 is 19.1 Å². The second kappa shape index (κ2) is 12.1. The van der Waals surface area contributed by atoms with E-state index < -0.39 is 12.1 Å². The predicted molar refractivity (Wildman–Crippen MR) is 148 cm³/mol. The van der Waals surface area contributed by atoms with Crippen LogP contribution in [0, 0.1) is 0 Å². The lowest BCUT2D eigenvalue weighted by Crippen LogP contribution is -2.47. The Morgan fingerprint density at radius 2 is 1.45 bits per heavy atom. The van der Waals surface area contributed by atoms with E-state index in [4.69, 9.17) is 9.47 Å². The van der Waals surface area contributed by atoms with Gasteiger partial charge in [-0.3, -0.25) is 0 Å². The molecule has 2 saturated heterocycles. The van der Waals surface area contributed by atoms with Crippen molar-refractivity contribution in [1.29, 1.82) is 0 Å². The number of carbonyl (C=O) groups excluding carboxylic acids is 2. The number of methoxy groups -OCH3 is 1. The number of carbonyl (C=O) groups is 2. The number of ether oxygens (including phenoxy) is 2. The number of esters is 1. The summed E-state index contributed by atoms with van der Waals surface area (Å²) in [6.45, 7) is 3.82. The highest BCUT2D eigenvalue weighted by Crippen LogP contribution is 2.32. The highest BCUT2D eigenvalue weighted by molar-refractivity contribution is 5.96. The van der Waals surface area contributed by atoms with Crippen LogP contribution in [-0.2, 0) is 4.74 Å². The van der Waals surface area contributed by atoms with Crippen molar-refractivity contribution in [2.24, 2.45) is 0 Å². The molecule has 1 N–H and O–H groups in total. The lowest BCUT2D eigenvalue weighted by Gasteiger charge is -2.36. The molecule has 0 saturated carbocycles. The van der Waals surface area contributed by atoms with Gasteiger partial charge in [-0.25, -0.2) is 9.59 Å². The van der Waals surface area contributed by atoms with Crippen LogP contribution in [0.5, 0.6) is 5.75 Å². The van der Waals surface area contributed by atoms with Gasteiger partial charge in [0.1, 0.15) is 17.4 Å². The predicted octanol–water partition coefficient (Wildman–Crippen LogP) is 5.73. The second-order valence-electron chi connectivity index (χ2n) is 9.91. The zero-order chi connectivity index (χ0) is 26.3. The van der Waals surface area contributed by atoms with Crippen LogP contribution >= 0.6 is 0 Å². The molecule has 7 nitrogen and oxygen atoms in total. The second-order valence-corrected chi connectivity index (χ2v) is 9.91. The van der Waals surface area contributed by atoms with E-state index in [1.54, 1.807) is 18.2 Å². The number of nitrogens with one attached hydrogen (secondary N) is 1. The molecule has 0 bridgehead atoms. The molecule has 0 spiro atoms. The van der Waals surface area contributed by atoms with Crippen LogP contribution in [0.3, 0.4) is 0 Å². The quantitative estimate of drug-likeness (QED) is 0.409. The van der Waals surface area contributed by atoms with Crippen LogP contribution in [-0.4, -0.2) is 61.1 Å². The van der Waals surface area contributed by atoms with Crippen LogP contribution < -0.4 is 10.1 Å². The first-order valence-electron chi connectivity index (χ1n) is 13.4. The standard InChI is InChI=1S/C31H35N3O4/c1-37-30(35)27-22-25(32-31(36)34-20-16-26(17-21-34)33-18-8-9-19-33)14-15-28(27)38-29(23-10-4-2-5-11-23)24-12-6-3-7-13-24/h2-7,10-15,22,26,29H,8-9,16-21H2,1H3,(H,32,36). The molecule has 3 aromatic carbocycles. The van der Waals surface area contributed by atoms with Crippen molar-refractivity contribution in [3.63, 3.8) is 0 Å². The van der Waals surface area contributed by atoms with Crippen molar-refractivity contribution in [3.8, 4) is 5.75 Å². The molecule has 2 heterocycles. The Morgan fingerprint density at radius 3 is 2.03 bits per heavy atom. The molecule has 38 heavy (non-hydrogen) atoms. The number of rotatable bonds is 7. The topological polar surface area (TPSA) is 71.1 Å². The summed E-state index contributed by atoms with van der Waals surface area (Å²) in [6, 6.07) is 25.3. The molecular formula is C31H35N3O4. The number of nitrogens with zero attached hydrogens (tertiary/aromatic N) is 2. The number of urea groups is 1. The first-order chi connectivity index (χ1) is 18.6. The van der Waals surface area contributed by atoms with Gasteiger partial charge in [0.05, 0.1) is 7.11 Å². The monoisotopic (exact) mass is 513 g/mol. The van der Waals surface area contributed by atoms with E-state index in [-0.39, 0.29) is 11.6 Å². The minimum atomic E-state index is -0.526. The minimum Gasteiger partial charge on any atom is -0.480 e. The van der Waals surface area contributed by atoms with E-state index in [9.17, 15) is 9.59 Å². The van der Waals surface area contributed by atoms with Crippen LogP contribution in [0.2, 0.25) is 0 Å². The maximum atomic E-state index is 13.0. The van der Waals surface area contributed by atoms with Gasteiger partial charge in [-0.15, -0.1) is 0 Å². The fraction of sp³-hybridized carbons (Fsp3) is 0.355. The summed E-state index contributed by atoms with van der Waals surface area (Å²) in [5.74, 6) is -0.138. The Labute approximate surface area is 224 Å². The number of anilines is 1. The zero-order valence-corrected chi connectivity index (χ0v) is 21.8. The van der Waals surface area contributed by atoms with E-state index in [0.29, 0.717) is 17.5 Å². The molecule has 2 amide bonds.